The molecule has 2 heterocycles. The molecule has 0 aliphatic heterocycles. The topological polar surface area (TPSA) is 130 Å². The monoisotopic (exact) mass is 592 g/mol. The average molecular weight is 593 g/mol. The van der Waals surface area contributed by atoms with Gasteiger partial charge in [0.1, 0.15) is 17.8 Å². The van der Waals surface area contributed by atoms with E-state index in [1.54, 1.807) is 61.1 Å². The fourth-order valence-electron chi connectivity index (χ4n) is 5.14. The average Bonchev–Trinajstić information content (AvgIpc) is 3.57. The number of carbonyl (C=O) groups is 1. The van der Waals surface area contributed by atoms with Crippen LogP contribution in [-0.4, -0.2) is 30.2 Å². The summed E-state index contributed by atoms with van der Waals surface area (Å²) in [4.78, 5) is 42.1. The van der Waals surface area contributed by atoms with Crippen LogP contribution in [0.4, 0.5) is 5.69 Å². The summed E-state index contributed by atoms with van der Waals surface area (Å²) in [5.74, 6) is 0.288. The van der Waals surface area contributed by atoms with Gasteiger partial charge in [-0.25, -0.2) is 4.98 Å². The van der Waals surface area contributed by atoms with Gasteiger partial charge in [-0.1, -0.05) is 61.8 Å². The number of aromatic nitrogens is 3. The van der Waals surface area contributed by atoms with Gasteiger partial charge in [0, 0.05) is 29.1 Å². The summed E-state index contributed by atoms with van der Waals surface area (Å²) in [6, 6.07) is 21.9. The lowest BCUT2D eigenvalue weighted by Gasteiger charge is -2.33. The van der Waals surface area contributed by atoms with E-state index in [2.05, 4.69) is 10.3 Å². The molecule has 0 aliphatic carbocycles. The number of halogens is 1. The third-order valence-corrected chi connectivity index (χ3v) is 9.70. The Morgan fingerprint density at radius 3 is 2.46 bits per heavy atom. The van der Waals surface area contributed by atoms with Gasteiger partial charge in [-0.3, -0.25) is 13.9 Å². The lowest BCUT2D eigenvalue weighted by Crippen LogP contribution is -2.24. The van der Waals surface area contributed by atoms with Gasteiger partial charge in [0.15, 0.2) is 0 Å². The zero-order valence-corrected chi connectivity index (χ0v) is 24.3. The lowest BCUT2D eigenvalue weighted by molar-refractivity contribution is -0.116. The van der Waals surface area contributed by atoms with Crippen LogP contribution in [0.15, 0.2) is 83.5 Å². The largest absolute Gasteiger partial charge is 0.427 e. The fraction of sp³-hybridized carbons (Fsp3) is 0.233. The van der Waals surface area contributed by atoms with Crippen molar-refractivity contribution in [1.29, 1.82) is 0 Å². The van der Waals surface area contributed by atoms with Gasteiger partial charge in [0.05, 0.1) is 16.2 Å². The Labute approximate surface area is 242 Å². The molecular formula is C30H30ClN4O5P. The molecule has 0 aliphatic rings. The number of oxazole rings is 1. The van der Waals surface area contributed by atoms with Crippen molar-refractivity contribution in [3.05, 3.63) is 95.5 Å². The normalized spacial score (nSPS) is 12.1. The van der Waals surface area contributed by atoms with Crippen LogP contribution in [0.25, 0.3) is 28.3 Å². The van der Waals surface area contributed by atoms with E-state index in [0.29, 0.717) is 46.6 Å². The number of aryl methyl sites for hydroxylation is 1. The Hall–Kier alpha value is -3.75. The summed E-state index contributed by atoms with van der Waals surface area (Å²) >= 11 is 6.25. The van der Waals surface area contributed by atoms with Gasteiger partial charge >= 0.3 is 13.6 Å². The summed E-state index contributed by atoms with van der Waals surface area (Å²) in [6.07, 6.45) is 2.63. The van der Waals surface area contributed by atoms with Crippen LogP contribution >= 0.6 is 19.2 Å². The van der Waals surface area contributed by atoms with E-state index in [4.69, 9.17) is 21.0 Å². The van der Waals surface area contributed by atoms with Crippen LogP contribution in [0.2, 0.25) is 5.02 Å². The molecule has 11 heteroatoms. The van der Waals surface area contributed by atoms with Crippen molar-refractivity contribution in [3.8, 4) is 17.3 Å². The number of rotatable bonds is 10. The van der Waals surface area contributed by atoms with E-state index in [1.807, 2.05) is 36.4 Å². The Bertz CT molecular complexity index is 1740. The second-order valence-corrected chi connectivity index (χ2v) is 12.2. The summed E-state index contributed by atoms with van der Waals surface area (Å²) in [5.41, 5.74) is 4.07. The van der Waals surface area contributed by atoms with Crippen LogP contribution < -0.4 is 5.32 Å². The van der Waals surface area contributed by atoms with Crippen molar-refractivity contribution in [2.24, 2.45) is 0 Å². The number of benzene rings is 3. The third-order valence-electron chi connectivity index (χ3n) is 7.46. The Kier molecular flexibility index (Phi) is 8.16. The van der Waals surface area contributed by atoms with Crippen LogP contribution in [0.1, 0.15) is 44.4 Å². The quantitative estimate of drug-likeness (QED) is 0.147. The first kappa shape index (κ1) is 28.8. The molecule has 0 radical (unpaired) electrons. The Balaban J connectivity index is 1.36. The molecule has 3 aromatic carbocycles. The van der Waals surface area contributed by atoms with Crippen LogP contribution in [0.3, 0.4) is 0 Å². The number of fused-ring (bicyclic) bond motifs is 1. The van der Waals surface area contributed by atoms with Gasteiger partial charge in [-0.05, 0) is 54.8 Å². The van der Waals surface area contributed by atoms with Crippen LogP contribution in [0, 0.1) is 0 Å². The highest BCUT2D eigenvalue weighted by Crippen LogP contribution is 2.60. The number of para-hydroxylation sites is 2. The first-order chi connectivity index (χ1) is 19.6. The maximum Gasteiger partial charge on any atom is 0.335 e. The van der Waals surface area contributed by atoms with Crippen molar-refractivity contribution in [1.82, 2.24) is 14.5 Å². The van der Waals surface area contributed by atoms with Gasteiger partial charge < -0.3 is 19.5 Å². The van der Waals surface area contributed by atoms with Crippen LogP contribution in [-0.2, 0) is 20.9 Å². The predicted molar refractivity (Wildman–Crippen MR) is 159 cm³/mol. The highest BCUT2D eigenvalue weighted by Gasteiger charge is 2.45. The van der Waals surface area contributed by atoms with Crippen molar-refractivity contribution in [2.45, 2.75) is 44.7 Å². The molecule has 0 atom stereocenters. The van der Waals surface area contributed by atoms with E-state index in [9.17, 15) is 19.1 Å². The fourth-order valence-corrected chi connectivity index (χ4v) is 6.64. The molecule has 3 N–H and O–H groups in total. The molecule has 5 aromatic rings. The number of nitrogens with zero attached hydrogens (tertiary/aromatic N) is 3. The smallest absolute Gasteiger partial charge is 0.335 e. The second kappa shape index (κ2) is 11.6. The summed E-state index contributed by atoms with van der Waals surface area (Å²) < 4.78 is 20.2. The van der Waals surface area contributed by atoms with Crippen molar-refractivity contribution in [2.75, 3.05) is 5.32 Å². The molecule has 0 unspecified atom stereocenters. The van der Waals surface area contributed by atoms with Crippen molar-refractivity contribution in [3.63, 3.8) is 0 Å². The number of amides is 1. The zero-order chi connectivity index (χ0) is 29.2. The summed E-state index contributed by atoms with van der Waals surface area (Å²) in [6.45, 7) is 3.53. The highest BCUT2D eigenvalue weighted by molar-refractivity contribution is 7.53. The van der Waals surface area contributed by atoms with E-state index in [0.717, 1.165) is 16.6 Å². The maximum atomic E-state index is 12.9. The second-order valence-electron chi connectivity index (χ2n) is 9.79. The first-order valence-corrected chi connectivity index (χ1v) is 15.3. The Morgan fingerprint density at radius 1 is 1.05 bits per heavy atom. The molecule has 0 bridgehead atoms. The van der Waals surface area contributed by atoms with Crippen molar-refractivity contribution < 1.29 is 23.6 Å². The van der Waals surface area contributed by atoms with E-state index >= 15 is 0 Å². The standard InChI is InChI=1S/C30H30ClN4O5P/c1-3-30(4-2,41(37,38)39)21-12-14-23(15-13-21)33-27(36)17-16-26-28(20-8-7-9-22(31)18-20)34-29(40-26)35-19-32-24-10-5-6-11-25(24)35/h5-15,18-19H,3-4,16-17H2,1-2H3,(H,33,36)(H2,37,38,39). The molecule has 9 nitrogen and oxygen atoms in total. The van der Waals surface area contributed by atoms with Gasteiger partial charge in [0.25, 0.3) is 0 Å². The SMILES string of the molecule is CCC(CC)(c1ccc(NC(=O)CCc2oc(-n3cnc4ccccc43)nc2-c2cccc(Cl)c2)cc1)P(=O)(O)O. The molecule has 1 amide bonds. The molecule has 2 aromatic heterocycles. The molecule has 0 saturated heterocycles. The molecule has 41 heavy (non-hydrogen) atoms. The lowest BCUT2D eigenvalue weighted by atomic mass is 9.92. The number of hydrogen-bond donors (Lipinski definition) is 3. The number of carbonyl (C=O) groups excluding carboxylic acids is 1. The number of hydrogen-bond acceptors (Lipinski definition) is 5. The maximum absolute atomic E-state index is 12.9. The molecule has 212 valence electrons. The minimum atomic E-state index is -4.40. The zero-order valence-electron chi connectivity index (χ0n) is 22.6. The van der Waals surface area contributed by atoms with Gasteiger partial charge in [-0.15, -0.1) is 0 Å². The predicted octanol–water partition coefficient (Wildman–Crippen LogP) is 7.10. The van der Waals surface area contributed by atoms with E-state index in [-0.39, 0.29) is 18.7 Å². The molecular weight excluding hydrogens is 563 g/mol. The first-order valence-electron chi connectivity index (χ1n) is 13.3. The number of nitrogens with one attached hydrogen (secondary N) is 1. The van der Waals surface area contributed by atoms with E-state index < -0.39 is 12.8 Å². The van der Waals surface area contributed by atoms with Gasteiger partial charge in [-0.2, -0.15) is 4.98 Å². The van der Waals surface area contributed by atoms with Gasteiger partial charge in [0.2, 0.25) is 5.91 Å². The summed E-state index contributed by atoms with van der Waals surface area (Å²) in [5, 5.41) is 2.16. The van der Waals surface area contributed by atoms with E-state index in [1.165, 1.54) is 0 Å². The minimum Gasteiger partial charge on any atom is -0.427 e. The molecule has 0 fully saturated rings. The highest BCUT2D eigenvalue weighted by atomic mass is 35.5. The molecule has 0 spiro atoms. The summed E-state index contributed by atoms with van der Waals surface area (Å²) in [7, 11) is -4.40. The molecule has 0 saturated carbocycles. The minimum absolute atomic E-state index is 0.116. The number of imidazole rings is 1. The molecule has 5 rings (SSSR count). The Morgan fingerprint density at radius 2 is 1.78 bits per heavy atom. The number of anilines is 1. The third kappa shape index (κ3) is 5.72. The van der Waals surface area contributed by atoms with Crippen LogP contribution in [0.5, 0.6) is 0 Å². The van der Waals surface area contributed by atoms with Crippen molar-refractivity contribution >= 4 is 41.8 Å².